The Morgan fingerprint density at radius 1 is 1.36 bits per heavy atom. The van der Waals surface area contributed by atoms with Gasteiger partial charge in [-0.3, -0.25) is 4.79 Å². The lowest BCUT2D eigenvalue weighted by Gasteiger charge is -2.45. The van der Waals surface area contributed by atoms with Gasteiger partial charge >= 0.3 is 0 Å². The number of nitrogens with one attached hydrogen (secondary N) is 1. The Morgan fingerprint density at radius 3 is 2.88 bits per heavy atom. The Hall–Kier alpha value is -2.05. The summed E-state index contributed by atoms with van der Waals surface area (Å²) in [6.07, 6.45) is 2.68. The molecular weight excluding hydrogens is 320 g/mol. The van der Waals surface area contributed by atoms with Gasteiger partial charge < -0.3 is 24.5 Å². The molecule has 2 aromatic rings. The number of rotatable bonds is 2. The molecular formula is C19H24N2O4. The van der Waals surface area contributed by atoms with E-state index in [-0.39, 0.29) is 17.6 Å². The highest BCUT2D eigenvalue weighted by Gasteiger charge is 2.41. The number of likely N-dealkylation sites (tertiary alicyclic amines) is 1. The van der Waals surface area contributed by atoms with Crippen LogP contribution in [0.25, 0.3) is 10.9 Å². The highest BCUT2D eigenvalue weighted by Crippen LogP contribution is 2.35. The number of amides is 1. The predicted molar refractivity (Wildman–Crippen MR) is 93.9 cm³/mol. The maximum atomic E-state index is 12.8. The number of methoxy groups -OCH3 is 1. The fourth-order valence-electron chi connectivity index (χ4n) is 3.99. The van der Waals surface area contributed by atoms with Gasteiger partial charge in [-0.15, -0.1) is 0 Å². The average molecular weight is 344 g/mol. The van der Waals surface area contributed by atoms with Crippen molar-refractivity contribution < 1.29 is 19.4 Å². The van der Waals surface area contributed by atoms with Crippen molar-refractivity contribution in [3.8, 4) is 5.75 Å². The number of fused-ring (bicyclic) bond motifs is 1. The molecule has 134 valence electrons. The van der Waals surface area contributed by atoms with Gasteiger partial charge in [0.2, 0.25) is 0 Å². The molecule has 1 unspecified atom stereocenters. The number of ether oxygens (including phenoxy) is 2. The minimum absolute atomic E-state index is 0.0152. The van der Waals surface area contributed by atoms with Crippen LogP contribution in [0.5, 0.6) is 5.75 Å². The lowest BCUT2D eigenvalue weighted by molar-refractivity contribution is -0.139. The van der Waals surface area contributed by atoms with Gasteiger partial charge in [0.1, 0.15) is 11.4 Å². The highest BCUT2D eigenvalue weighted by atomic mass is 16.5. The van der Waals surface area contributed by atoms with Gasteiger partial charge in [0, 0.05) is 37.0 Å². The molecule has 3 heterocycles. The van der Waals surface area contributed by atoms with Crippen LogP contribution in [0.2, 0.25) is 0 Å². The standard InChI is InChI=1S/C19H24N2O4/c1-24-15-2-3-16-13(10-15)11-17(20-16)18(23)21-7-5-19(6-8-21)12-14(22)4-9-25-19/h2-3,10-11,14,20,22H,4-9,12H2,1H3. The maximum absolute atomic E-state index is 12.8. The number of aliphatic hydroxyl groups excluding tert-OH is 1. The molecule has 2 saturated heterocycles. The largest absolute Gasteiger partial charge is 0.497 e. The monoisotopic (exact) mass is 344 g/mol. The van der Waals surface area contributed by atoms with Crippen LogP contribution in [0.15, 0.2) is 24.3 Å². The third-order valence-corrected chi connectivity index (χ3v) is 5.49. The van der Waals surface area contributed by atoms with Gasteiger partial charge in [0.15, 0.2) is 0 Å². The molecule has 2 aliphatic heterocycles. The van der Waals surface area contributed by atoms with Crippen molar-refractivity contribution in [3.05, 3.63) is 30.0 Å². The predicted octanol–water partition coefficient (Wildman–Crippen LogP) is 2.32. The number of benzene rings is 1. The van der Waals surface area contributed by atoms with E-state index >= 15 is 0 Å². The van der Waals surface area contributed by atoms with Crippen molar-refractivity contribution in [2.45, 2.75) is 37.4 Å². The molecule has 6 nitrogen and oxygen atoms in total. The SMILES string of the molecule is COc1ccc2[nH]c(C(=O)N3CCC4(CC3)CC(O)CCO4)cc2c1. The quantitative estimate of drug-likeness (QED) is 0.877. The van der Waals surface area contributed by atoms with Gasteiger partial charge in [0.05, 0.1) is 18.8 Å². The van der Waals surface area contributed by atoms with Crippen LogP contribution in [0.4, 0.5) is 0 Å². The third kappa shape index (κ3) is 3.12. The molecule has 2 N–H and O–H groups in total. The van der Waals surface area contributed by atoms with Crippen LogP contribution in [-0.4, -0.2) is 59.4 Å². The van der Waals surface area contributed by atoms with E-state index in [1.165, 1.54) is 0 Å². The number of aliphatic hydroxyl groups is 1. The smallest absolute Gasteiger partial charge is 0.270 e. The first-order chi connectivity index (χ1) is 12.1. The molecule has 1 atom stereocenters. The first-order valence-electron chi connectivity index (χ1n) is 8.87. The molecule has 1 aromatic heterocycles. The van der Waals surface area contributed by atoms with Gasteiger partial charge in [0.25, 0.3) is 5.91 Å². The number of carbonyl (C=O) groups excluding carboxylic acids is 1. The summed E-state index contributed by atoms with van der Waals surface area (Å²) in [7, 11) is 1.63. The van der Waals surface area contributed by atoms with E-state index in [0.29, 0.717) is 38.2 Å². The van der Waals surface area contributed by atoms with E-state index in [4.69, 9.17) is 9.47 Å². The molecule has 6 heteroatoms. The van der Waals surface area contributed by atoms with Crippen molar-refractivity contribution >= 4 is 16.8 Å². The van der Waals surface area contributed by atoms with Crippen LogP contribution in [0.3, 0.4) is 0 Å². The number of aromatic nitrogens is 1. The van der Waals surface area contributed by atoms with Crippen molar-refractivity contribution in [1.82, 2.24) is 9.88 Å². The Morgan fingerprint density at radius 2 is 2.16 bits per heavy atom. The summed E-state index contributed by atoms with van der Waals surface area (Å²) < 4.78 is 11.2. The molecule has 2 fully saturated rings. The first-order valence-corrected chi connectivity index (χ1v) is 8.87. The molecule has 4 rings (SSSR count). The van der Waals surface area contributed by atoms with E-state index in [0.717, 1.165) is 29.5 Å². The van der Waals surface area contributed by atoms with E-state index in [1.807, 2.05) is 29.2 Å². The number of aromatic amines is 1. The topological polar surface area (TPSA) is 74.8 Å². The van der Waals surface area contributed by atoms with Crippen molar-refractivity contribution in [2.75, 3.05) is 26.8 Å². The summed E-state index contributed by atoms with van der Waals surface area (Å²) in [5, 5.41) is 10.9. The first kappa shape index (κ1) is 16.4. The lowest BCUT2D eigenvalue weighted by atomic mass is 9.83. The second kappa shape index (κ2) is 6.35. The molecule has 2 aliphatic rings. The number of hydrogen-bond acceptors (Lipinski definition) is 4. The number of hydrogen-bond donors (Lipinski definition) is 2. The van der Waals surface area contributed by atoms with Crippen LogP contribution >= 0.6 is 0 Å². The molecule has 0 radical (unpaired) electrons. The summed E-state index contributed by atoms with van der Waals surface area (Å²) in [4.78, 5) is 17.9. The van der Waals surface area contributed by atoms with Crippen LogP contribution < -0.4 is 4.74 Å². The normalized spacial score (nSPS) is 23.1. The fraction of sp³-hybridized carbons (Fsp3) is 0.526. The molecule has 25 heavy (non-hydrogen) atoms. The Balaban J connectivity index is 1.47. The highest BCUT2D eigenvalue weighted by molar-refractivity contribution is 5.98. The molecule has 0 bridgehead atoms. The zero-order valence-corrected chi connectivity index (χ0v) is 14.5. The Labute approximate surface area is 146 Å². The molecule has 0 saturated carbocycles. The van der Waals surface area contributed by atoms with Gasteiger partial charge in [-0.05, 0) is 43.5 Å². The van der Waals surface area contributed by atoms with Crippen LogP contribution in [0, 0.1) is 0 Å². The second-order valence-electron chi connectivity index (χ2n) is 7.11. The molecule has 0 aliphatic carbocycles. The number of piperidine rings is 1. The maximum Gasteiger partial charge on any atom is 0.270 e. The fourth-order valence-corrected chi connectivity index (χ4v) is 3.99. The van der Waals surface area contributed by atoms with Crippen LogP contribution in [-0.2, 0) is 4.74 Å². The Kier molecular flexibility index (Phi) is 4.17. The number of carbonyl (C=O) groups is 1. The molecule has 1 aromatic carbocycles. The van der Waals surface area contributed by atoms with E-state index in [1.54, 1.807) is 7.11 Å². The van der Waals surface area contributed by atoms with Gasteiger partial charge in [-0.1, -0.05) is 0 Å². The molecule has 1 amide bonds. The zero-order valence-electron chi connectivity index (χ0n) is 14.5. The number of H-pyrrole nitrogens is 1. The summed E-state index contributed by atoms with van der Waals surface area (Å²) in [6, 6.07) is 7.60. The van der Waals surface area contributed by atoms with E-state index < -0.39 is 0 Å². The summed E-state index contributed by atoms with van der Waals surface area (Å²) >= 11 is 0. The van der Waals surface area contributed by atoms with Crippen molar-refractivity contribution in [3.63, 3.8) is 0 Å². The molecule has 1 spiro atoms. The second-order valence-corrected chi connectivity index (χ2v) is 7.11. The van der Waals surface area contributed by atoms with Crippen molar-refractivity contribution in [1.29, 1.82) is 0 Å². The van der Waals surface area contributed by atoms with Crippen LogP contribution in [0.1, 0.15) is 36.2 Å². The third-order valence-electron chi connectivity index (χ3n) is 5.49. The average Bonchev–Trinajstić information content (AvgIpc) is 3.04. The van der Waals surface area contributed by atoms with Gasteiger partial charge in [-0.2, -0.15) is 0 Å². The van der Waals surface area contributed by atoms with E-state index in [2.05, 4.69) is 4.98 Å². The minimum atomic E-state index is -0.278. The number of nitrogens with zero attached hydrogens (tertiary/aromatic N) is 1. The summed E-state index contributed by atoms with van der Waals surface area (Å²) in [5.74, 6) is 0.791. The van der Waals surface area contributed by atoms with E-state index in [9.17, 15) is 9.90 Å². The summed E-state index contributed by atoms with van der Waals surface area (Å²) in [5.41, 5.74) is 1.28. The zero-order chi connectivity index (χ0) is 17.4. The van der Waals surface area contributed by atoms with Crippen molar-refractivity contribution in [2.24, 2.45) is 0 Å². The summed E-state index contributed by atoms with van der Waals surface area (Å²) in [6.45, 7) is 1.92. The lowest BCUT2D eigenvalue weighted by Crippen LogP contribution is -2.51. The minimum Gasteiger partial charge on any atom is -0.497 e. The van der Waals surface area contributed by atoms with Gasteiger partial charge in [-0.25, -0.2) is 0 Å². The Bertz CT molecular complexity index is 777.